The predicted octanol–water partition coefficient (Wildman–Crippen LogP) is 1.75. The molecule has 1 aromatic heterocycles. The van der Waals surface area contributed by atoms with Gasteiger partial charge in [0, 0.05) is 0 Å². The lowest BCUT2D eigenvalue weighted by Crippen LogP contribution is -1.95. The van der Waals surface area contributed by atoms with E-state index in [9.17, 15) is 0 Å². The van der Waals surface area contributed by atoms with E-state index in [4.69, 9.17) is 16.4 Å². The molecule has 0 aliphatic carbocycles. The molecule has 66 valence electrons. The lowest BCUT2D eigenvalue weighted by atomic mass is 10.4. The fourth-order valence-electron chi connectivity index (χ4n) is 0.703. The van der Waals surface area contributed by atoms with E-state index in [1.54, 1.807) is 0 Å². The van der Waals surface area contributed by atoms with Crippen LogP contribution in [0.3, 0.4) is 0 Å². The summed E-state index contributed by atoms with van der Waals surface area (Å²) in [6, 6.07) is 2.04. The maximum absolute atomic E-state index is 8.79. The van der Waals surface area contributed by atoms with Crippen LogP contribution in [-0.2, 0) is 0 Å². The summed E-state index contributed by atoms with van der Waals surface area (Å²) in [7, 11) is 0. The predicted molar refractivity (Wildman–Crippen MR) is 52.9 cm³/mol. The number of hydrogen-bond donors (Lipinski definition) is 0. The zero-order chi connectivity index (χ0) is 9.68. The van der Waals surface area contributed by atoms with Gasteiger partial charge in [-0.15, -0.1) is 18.2 Å². The third-order valence-corrected chi connectivity index (χ3v) is 3.14. The van der Waals surface area contributed by atoms with E-state index in [2.05, 4.69) is 10.3 Å². The Morgan fingerprint density at radius 1 is 1.77 bits per heavy atom. The van der Waals surface area contributed by atoms with Crippen LogP contribution >= 0.6 is 23.3 Å². The van der Waals surface area contributed by atoms with Crippen LogP contribution in [0.2, 0.25) is 0 Å². The van der Waals surface area contributed by atoms with Crippen LogP contribution in [-0.4, -0.2) is 17.2 Å². The second-order valence-electron chi connectivity index (χ2n) is 1.96. The maximum atomic E-state index is 8.79. The molecule has 5 heteroatoms. The van der Waals surface area contributed by atoms with Gasteiger partial charge in [-0.1, -0.05) is 5.92 Å². The van der Waals surface area contributed by atoms with Gasteiger partial charge in [-0.3, -0.25) is 0 Å². The van der Waals surface area contributed by atoms with Crippen molar-refractivity contribution in [1.29, 1.82) is 5.26 Å². The van der Waals surface area contributed by atoms with Crippen molar-refractivity contribution in [3.63, 3.8) is 0 Å². The third kappa shape index (κ3) is 2.15. The van der Waals surface area contributed by atoms with Crippen LogP contribution in [0.1, 0.15) is 5.56 Å². The summed E-state index contributed by atoms with van der Waals surface area (Å²) in [6.07, 6.45) is 6.91. The van der Waals surface area contributed by atoms with E-state index in [-0.39, 0.29) is 6.61 Å². The van der Waals surface area contributed by atoms with Gasteiger partial charge in [0.05, 0.1) is 0 Å². The van der Waals surface area contributed by atoms with Gasteiger partial charge in [-0.2, -0.15) is 9.64 Å². The van der Waals surface area contributed by atoms with E-state index in [0.717, 1.165) is 4.21 Å². The van der Waals surface area contributed by atoms with E-state index < -0.39 is 0 Å². The molecule has 0 N–H and O–H groups in total. The van der Waals surface area contributed by atoms with Gasteiger partial charge < -0.3 is 4.74 Å². The van der Waals surface area contributed by atoms with Crippen molar-refractivity contribution in [3.05, 3.63) is 5.56 Å². The normalized spacial score (nSPS) is 8.85. The van der Waals surface area contributed by atoms with E-state index in [1.807, 2.05) is 12.3 Å². The summed E-state index contributed by atoms with van der Waals surface area (Å²) < 4.78 is 9.92. The largest absolute Gasteiger partial charge is 0.463 e. The van der Waals surface area contributed by atoms with Crippen molar-refractivity contribution in [2.75, 3.05) is 12.9 Å². The zero-order valence-corrected chi connectivity index (χ0v) is 8.54. The molecule has 0 saturated heterocycles. The minimum atomic E-state index is 0.145. The van der Waals surface area contributed by atoms with Gasteiger partial charge in [0.1, 0.15) is 15.8 Å². The molecule has 0 atom stereocenters. The minimum absolute atomic E-state index is 0.145. The first-order valence-corrected chi connectivity index (χ1v) is 5.33. The van der Waals surface area contributed by atoms with Gasteiger partial charge in [-0.25, -0.2) is 0 Å². The smallest absolute Gasteiger partial charge is 0.245 e. The molecule has 1 heterocycles. The van der Waals surface area contributed by atoms with Gasteiger partial charge in [0.25, 0.3) is 0 Å². The first-order chi connectivity index (χ1) is 6.33. The topological polar surface area (TPSA) is 45.9 Å². The Balaban J connectivity index is 2.91. The second-order valence-corrected chi connectivity index (χ2v) is 3.81. The molecule has 1 aromatic rings. The monoisotopic (exact) mass is 210 g/mol. The summed E-state index contributed by atoms with van der Waals surface area (Å²) >= 11 is 2.72. The first kappa shape index (κ1) is 9.91. The summed E-state index contributed by atoms with van der Waals surface area (Å²) in [5.41, 5.74) is 0.479. The van der Waals surface area contributed by atoms with Gasteiger partial charge in [0.2, 0.25) is 5.88 Å². The number of ether oxygens (including phenoxy) is 1. The standard InChI is InChI=1S/C8H6N2OS2/c1-3-4-11-7-6(5-9)8(12-2)13-10-7/h1H,4H2,2H3. The Morgan fingerprint density at radius 2 is 2.54 bits per heavy atom. The number of terminal acetylenes is 1. The second kappa shape index (κ2) is 4.76. The SMILES string of the molecule is C#CCOc1nsc(SC)c1C#N. The maximum Gasteiger partial charge on any atom is 0.245 e. The van der Waals surface area contributed by atoms with E-state index >= 15 is 0 Å². The van der Waals surface area contributed by atoms with Crippen molar-refractivity contribution < 1.29 is 4.74 Å². The molecule has 0 amide bonds. The number of nitrogens with zero attached hydrogens (tertiary/aromatic N) is 2. The van der Waals surface area contributed by atoms with Crippen molar-refractivity contribution in [1.82, 2.24) is 4.37 Å². The lowest BCUT2D eigenvalue weighted by molar-refractivity contribution is 0.358. The zero-order valence-electron chi connectivity index (χ0n) is 6.90. The van der Waals surface area contributed by atoms with Crippen LogP contribution in [0.15, 0.2) is 4.21 Å². The first-order valence-electron chi connectivity index (χ1n) is 3.33. The third-order valence-electron chi connectivity index (χ3n) is 1.22. The quantitative estimate of drug-likeness (QED) is 0.563. The molecule has 1 rings (SSSR count). The molecule has 0 bridgehead atoms. The lowest BCUT2D eigenvalue weighted by Gasteiger charge is -1.96. The highest BCUT2D eigenvalue weighted by atomic mass is 32.2. The van der Waals surface area contributed by atoms with Crippen molar-refractivity contribution in [2.24, 2.45) is 0 Å². The number of hydrogen-bond acceptors (Lipinski definition) is 5. The highest BCUT2D eigenvalue weighted by molar-refractivity contribution is 8.00. The summed E-state index contributed by atoms with van der Waals surface area (Å²) in [6.45, 7) is 0.145. The van der Waals surface area contributed by atoms with Crippen molar-refractivity contribution >= 4 is 23.3 Å². The molecular formula is C8H6N2OS2. The number of rotatable bonds is 3. The Hall–Kier alpha value is -1.17. The molecule has 0 aromatic carbocycles. The van der Waals surface area contributed by atoms with E-state index in [1.165, 1.54) is 23.3 Å². The van der Waals surface area contributed by atoms with Crippen LogP contribution in [0.4, 0.5) is 0 Å². The molecule has 0 aliphatic rings. The Labute approximate surface area is 84.9 Å². The van der Waals surface area contributed by atoms with Gasteiger partial charge in [-0.05, 0) is 17.8 Å². The molecule has 0 fully saturated rings. The molecule has 3 nitrogen and oxygen atoms in total. The fraction of sp³-hybridized carbons (Fsp3) is 0.250. The number of nitriles is 1. The van der Waals surface area contributed by atoms with Crippen LogP contribution in [0, 0.1) is 23.7 Å². The van der Waals surface area contributed by atoms with Crippen molar-refractivity contribution in [2.45, 2.75) is 4.21 Å². The number of aromatic nitrogens is 1. The van der Waals surface area contributed by atoms with Gasteiger partial charge in [0.15, 0.2) is 6.61 Å². The minimum Gasteiger partial charge on any atom is -0.463 e. The fourth-order valence-corrected chi connectivity index (χ4v) is 1.98. The highest BCUT2D eigenvalue weighted by Crippen LogP contribution is 2.31. The van der Waals surface area contributed by atoms with E-state index in [0.29, 0.717) is 11.4 Å². The van der Waals surface area contributed by atoms with Crippen molar-refractivity contribution in [3.8, 4) is 24.3 Å². The summed E-state index contributed by atoms with van der Waals surface area (Å²) in [5, 5.41) is 8.79. The Bertz CT molecular complexity index is 372. The molecule has 0 aliphatic heterocycles. The molecule has 0 radical (unpaired) electrons. The van der Waals surface area contributed by atoms with Crippen LogP contribution in [0.25, 0.3) is 0 Å². The summed E-state index contributed by atoms with van der Waals surface area (Å²) in [5.74, 6) is 2.66. The number of thioether (sulfide) groups is 1. The molecule has 0 unspecified atom stereocenters. The molecule has 0 spiro atoms. The van der Waals surface area contributed by atoms with Gasteiger partial charge >= 0.3 is 0 Å². The molecular weight excluding hydrogens is 204 g/mol. The Morgan fingerprint density at radius 3 is 3.08 bits per heavy atom. The summed E-state index contributed by atoms with van der Waals surface area (Å²) in [4.78, 5) is 0. The highest BCUT2D eigenvalue weighted by Gasteiger charge is 2.13. The van der Waals surface area contributed by atoms with Crippen LogP contribution in [0.5, 0.6) is 5.88 Å². The Kier molecular flexibility index (Phi) is 3.63. The average molecular weight is 210 g/mol. The van der Waals surface area contributed by atoms with Crippen LogP contribution < -0.4 is 4.74 Å². The molecule has 0 saturated carbocycles. The average Bonchev–Trinajstić information content (AvgIpc) is 2.56. The molecule has 13 heavy (non-hydrogen) atoms.